The van der Waals surface area contributed by atoms with E-state index in [1.807, 2.05) is 25.3 Å². The molecule has 0 aliphatic heterocycles. The first-order chi connectivity index (χ1) is 6.09. The van der Waals surface area contributed by atoms with Crippen LogP contribution in [0, 0.1) is 0 Å². The van der Waals surface area contributed by atoms with Crippen molar-refractivity contribution in [1.82, 2.24) is 4.98 Å². The van der Waals surface area contributed by atoms with Gasteiger partial charge in [-0.25, -0.2) is 4.98 Å². The third-order valence-corrected chi connectivity index (χ3v) is 1.69. The molecule has 0 atom stereocenters. The quantitative estimate of drug-likeness (QED) is 0.766. The van der Waals surface area contributed by atoms with Gasteiger partial charge >= 0.3 is 0 Å². The summed E-state index contributed by atoms with van der Waals surface area (Å²) in [4.78, 5) is 4.27. The molecule has 0 spiro atoms. The Morgan fingerprint density at radius 2 is 2.15 bits per heavy atom. The van der Waals surface area contributed by atoms with Gasteiger partial charge in [-0.3, -0.25) is 0 Å². The number of aromatic nitrogens is 1. The van der Waals surface area contributed by atoms with Crippen molar-refractivity contribution in [3.8, 4) is 0 Å². The molecule has 1 heterocycles. The molecule has 0 aromatic carbocycles. The molecule has 13 heavy (non-hydrogen) atoms. The van der Waals surface area contributed by atoms with Crippen molar-refractivity contribution in [2.24, 2.45) is 0 Å². The number of nitrogens with zero attached hydrogens (tertiary/aromatic N) is 1. The van der Waals surface area contributed by atoms with Gasteiger partial charge in [-0.15, -0.1) is 0 Å². The van der Waals surface area contributed by atoms with E-state index in [9.17, 15) is 0 Å². The molecule has 70 valence electrons. The maximum absolute atomic E-state index is 4.27. The van der Waals surface area contributed by atoms with Crippen LogP contribution in [0.1, 0.15) is 26.3 Å². The maximum atomic E-state index is 4.27. The first-order valence-electron chi connectivity index (χ1n) is 4.48. The van der Waals surface area contributed by atoms with Crippen LogP contribution in [0.15, 0.2) is 24.9 Å². The summed E-state index contributed by atoms with van der Waals surface area (Å²) in [6.07, 6.45) is 1.84. The van der Waals surface area contributed by atoms with Crippen molar-refractivity contribution in [2.75, 3.05) is 5.32 Å². The molecular formula is C11H16N2. The first-order valence-corrected chi connectivity index (χ1v) is 4.48. The van der Waals surface area contributed by atoms with Crippen LogP contribution in [-0.2, 0) is 0 Å². The molecule has 0 aliphatic carbocycles. The predicted molar refractivity (Wildman–Crippen MR) is 57.7 cm³/mol. The molecule has 1 N–H and O–H groups in total. The fourth-order valence-electron chi connectivity index (χ4n) is 1.03. The molecule has 0 saturated carbocycles. The standard InChI is InChI=1S/C11H16N2/c1-8(2)10-5-6-11(12-7-10)13-9(3)4/h5-7,9H,1H2,2-4H3,(H,12,13). The van der Waals surface area contributed by atoms with Crippen molar-refractivity contribution in [3.63, 3.8) is 0 Å². The predicted octanol–water partition coefficient (Wildman–Crippen LogP) is 2.94. The van der Waals surface area contributed by atoms with Crippen LogP contribution < -0.4 is 5.32 Å². The van der Waals surface area contributed by atoms with E-state index in [0.717, 1.165) is 17.0 Å². The number of anilines is 1. The zero-order valence-electron chi connectivity index (χ0n) is 8.46. The molecule has 0 amide bonds. The second-order valence-corrected chi connectivity index (χ2v) is 3.51. The van der Waals surface area contributed by atoms with Crippen molar-refractivity contribution in [2.45, 2.75) is 26.8 Å². The lowest BCUT2D eigenvalue weighted by atomic mass is 10.1. The van der Waals surface area contributed by atoms with Crippen molar-refractivity contribution < 1.29 is 0 Å². The molecule has 0 fully saturated rings. The smallest absolute Gasteiger partial charge is 0.126 e. The van der Waals surface area contributed by atoms with E-state index in [1.165, 1.54) is 0 Å². The topological polar surface area (TPSA) is 24.9 Å². The lowest BCUT2D eigenvalue weighted by molar-refractivity contribution is 0.889. The number of hydrogen-bond acceptors (Lipinski definition) is 2. The molecule has 0 saturated heterocycles. The fraction of sp³-hybridized carbons (Fsp3) is 0.364. The number of rotatable bonds is 3. The zero-order valence-corrected chi connectivity index (χ0v) is 8.46. The van der Waals surface area contributed by atoms with Crippen LogP contribution in [0.25, 0.3) is 5.57 Å². The van der Waals surface area contributed by atoms with Crippen LogP contribution in [0.3, 0.4) is 0 Å². The fourth-order valence-corrected chi connectivity index (χ4v) is 1.03. The molecular weight excluding hydrogens is 160 g/mol. The van der Waals surface area contributed by atoms with Gasteiger partial charge in [0, 0.05) is 12.2 Å². The van der Waals surface area contributed by atoms with Gasteiger partial charge in [-0.2, -0.15) is 0 Å². The maximum Gasteiger partial charge on any atom is 0.126 e. The molecule has 0 aliphatic rings. The molecule has 1 aromatic rings. The zero-order chi connectivity index (χ0) is 9.84. The van der Waals surface area contributed by atoms with Crippen LogP contribution in [0.2, 0.25) is 0 Å². The summed E-state index contributed by atoms with van der Waals surface area (Å²) in [5, 5.41) is 3.23. The summed E-state index contributed by atoms with van der Waals surface area (Å²) >= 11 is 0. The number of allylic oxidation sites excluding steroid dienone is 1. The van der Waals surface area contributed by atoms with Gasteiger partial charge in [-0.05, 0) is 44.0 Å². The van der Waals surface area contributed by atoms with Gasteiger partial charge in [0.25, 0.3) is 0 Å². The molecule has 2 nitrogen and oxygen atoms in total. The molecule has 2 heteroatoms. The largest absolute Gasteiger partial charge is 0.368 e. The SMILES string of the molecule is C=C(C)c1ccc(NC(C)C)nc1. The minimum absolute atomic E-state index is 0.420. The molecule has 1 rings (SSSR count). The van der Waals surface area contributed by atoms with Crippen LogP contribution in [-0.4, -0.2) is 11.0 Å². The number of hydrogen-bond donors (Lipinski definition) is 1. The van der Waals surface area contributed by atoms with Crippen LogP contribution in [0.5, 0.6) is 0 Å². The summed E-state index contributed by atoms with van der Waals surface area (Å²) in [6.45, 7) is 10.0. The highest BCUT2D eigenvalue weighted by atomic mass is 15.0. The summed E-state index contributed by atoms with van der Waals surface area (Å²) in [5.41, 5.74) is 2.14. The van der Waals surface area contributed by atoms with Gasteiger partial charge in [0.05, 0.1) is 0 Å². The van der Waals surface area contributed by atoms with E-state index in [2.05, 4.69) is 30.7 Å². The number of pyridine rings is 1. The van der Waals surface area contributed by atoms with Crippen molar-refractivity contribution in [3.05, 3.63) is 30.5 Å². The Labute approximate surface area is 79.7 Å². The van der Waals surface area contributed by atoms with E-state index in [4.69, 9.17) is 0 Å². The van der Waals surface area contributed by atoms with E-state index in [0.29, 0.717) is 6.04 Å². The first kappa shape index (κ1) is 9.78. The van der Waals surface area contributed by atoms with E-state index in [1.54, 1.807) is 0 Å². The Bertz CT molecular complexity index is 285. The Balaban J connectivity index is 2.75. The molecule has 0 bridgehead atoms. The minimum Gasteiger partial charge on any atom is -0.368 e. The highest BCUT2D eigenvalue weighted by Crippen LogP contribution is 2.12. The van der Waals surface area contributed by atoms with Gasteiger partial charge in [0.2, 0.25) is 0 Å². The van der Waals surface area contributed by atoms with Gasteiger partial charge in [-0.1, -0.05) is 6.58 Å². The normalized spacial score (nSPS) is 10.2. The van der Waals surface area contributed by atoms with Crippen LogP contribution >= 0.6 is 0 Å². The lowest BCUT2D eigenvalue weighted by Gasteiger charge is -2.08. The third kappa shape index (κ3) is 2.90. The summed E-state index contributed by atoms with van der Waals surface area (Å²) in [7, 11) is 0. The number of nitrogens with one attached hydrogen (secondary N) is 1. The Hall–Kier alpha value is -1.31. The van der Waals surface area contributed by atoms with E-state index < -0.39 is 0 Å². The Kier molecular flexibility index (Phi) is 3.07. The van der Waals surface area contributed by atoms with Gasteiger partial charge in [0.15, 0.2) is 0 Å². The van der Waals surface area contributed by atoms with Crippen molar-refractivity contribution in [1.29, 1.82) is 0 Å². The highest BCUT2D eigenvalue weighted by Gasteiger charge is 1.97. The van der Waals surface area contributed by atoms with E-state index in [-0.39, 0.29) is 0 Å². The Morgan fingerprint density at radius 3 is 2.54 bits per heavy atom. The van der Waals surface area contributed by atoms with Gasteiger partial charge < -0.3 is 5.32 Å². The molecule has 0 radical (unpaired) electrons. The second kappa shape index (κ2) is 4.08. The van der Waals surface area contributed by atoms with E-state index >= 15 is 0 Å². The summed E-state index contributed by atoms with van der Waals surface area (Å²) in [5.74, 6) is 0.917. The van der Waals surface area contributed by atoms with Crippen LogP contribution in [0.4, 0.5) is 5.82 Å². The Morgan fingerprint density at radius 1 is 1.46 bits per heavy atom. The summed E-state index contributed by atoms with van der Waals surface area (Å²) < 4.78 is 0. The third-order valence-electron chi connectivity index (χ3n) is 1.69. The lowest BCUT2D eigenvalue weighted by Crippen LogP contribution is -2.10. The average Bonchev–Trinajstić information content (AvgIpc) is 2.04. The second-order valence-electron chi connectivity index (χ2n) is 3.51. The monoisotopic (exact) mass is 176 g/mol. The van der Waals surface area contributed by atoms with Gasteiger partial charge in [0.1, 0.15) is 5.82 Å². The minimum atomic E-state index is 0.420. The highest BCUT2D eigenvalue weighted by molar-refractivity contribution is 5.61. The van der Waals surface area contributed by atoms with Crippen molar-refractivity contribution >= 4 is 11.4 Å². The molecule has 0 unspecified atom stereocenters. The molecule has 1 aromatic heterocycles. The summed E-state index contributed by atoms with van der Waals surface area (Å²) in [6, 6.07) is 4.42. The average molecular weight is 176 g/mol.